The van der Waals surface area contributed by atoms with Gasteiger partial charge < -0.3 is 10.6 Å². The van der Waals surface area contributed by atoms with E-state index in [1.165, 1.54) is 12.1 Å². The second-order valence-electron chi connectivity index (χ2n) is 4.10. The zero-order valence-corrected chi connectivity index (χ0v) is 9.30. The lowest BCUT2D eigenvalue weighted by Crippen LogP contribution is -2.43. The average molecular weight is 240 g/mol. The summed E-state index contributed by atoms with van der Waals surface area (Å²) in [6.07, 6.45) is 1.62. The summed E-state index contributed by atoms with van der Waals surface area (Å²) in [5, 5.41) is 5.88. The molecule has 1 aliphatic rings. The molecule has 1 saturated heterocycles. The van der Waals surface area contributed by atoms with Crippen LogP contribution in [0.3, 0.4) is 0 Å². The number of hydrogen-bond acceptors (Lipinski definition) is 2. The molecular weight excluding hydrogens is 226 g/mol. The van der Waals surface area contributed by atoms with Gasteiger partial charge in [0, 0.05) is 6.04 Å². The Bertz CT molecular complexity index is 417. The van der Waals surface area contributed by atoms with E-state index >= 15 is 0 Å². The van der Waals surface area contributed by atoms with Gasteiger partial charge in [0.2, 0.25) is 0 Å². The minimum atomic E-state index is -1.08. The number of piperidine rings is 1. The lowest BCUT2D eigenvalue weighted by atomic mass is 10.1. The molecule has 1 aliphatic heterocycles. The molecular formula is C12H14F2N2O. The van der Waals surface area contributed by atoms with Crippen LogP contribution in [-0.4, -0.2) is 25.0 Å². The molecule has 2 rings (SSSR count). The highest BCUT2D eigenvalue weighted by molar-refractivity contribution is 5.94. The predicted octanol–water partition coefficient (Wildman–Crippen LogP) is 1.45. The zero-order valence-electron chi connectivity index (χ0n) is 9.30. The van der Waals surface area contributed by atoms with E-state index in [0.717, 1.165) is 32.0 Å². The summed E-state index contributed by atoms with van der Waals surface area (Å²) in [6, 6.07) is 3.65. The van der Waals surface area contributed by atoms with Crippen molar-refractivity contribution in [3.63, 3.8) is 0 Å². The highest BCUT2D eigenvalue weighted by Gasteiger charge is 2.19. The number of benzene rings is 1. The van der Waals surface area contributed by atoms with E-state index in [1.807, 2.05) is 0 Å². The molecule has 1 aromatic rings. The van der Waals surface area contributed by atoms with E-state index < -0.39 is 17.5 Å². The third kappa shape index (κ3) is 2.79. The maximum Gasteiger partial charge on any atom is 0.254 e. The highest BCUT2D eigenvalue weighted by atomic mass is 19.2. The number of amides is 1. The number of carbonyl (C=O) groups is 1. The Labute approximate surface area is 98.2 Å². The first-order chi connectivity index (χ1) is 8.18. The standard InChI is InChI=1S/C12H14F2N2O/c13-10-3-1-2-9(11(10)14)12(17)16-8-4-6-15-7-5-8/h1-3,8,15H,4-7H2,(H,16,17). The monoisotopic (exact) mass is 240 g/mol. The fraction of sp³-hybridized carbons (Fsp3) is 0.417. The van der Waals surface area contributed by atoms with Crippen LogP contribution in [0.5, 0.6) is 0 Å². The second-order valence-corrected chi connectivity index (χ2v) is 4.10. The summed E-state index contributed by atoms with van der Waals surface area (Å²) >= 11 is 0. The Kier molecular flexibility index (Phi) is 3.68. The molecule has 1 heterocycles. The van der Waals surface area contributed by atoms with Crippen LogP contribution >= 0.6 is 0 Å². The van der Waals surface area contributed by atoms with Crippen LogP contribution in [0.15, 0.2) is 18.2 Å². The van der Waals surface area contributed by atoms with Gasteiger partial charge in [-0.1, -0.05) is 6.07 Å². The molecule has 0 aliphatic carbocycles. The summed E-state index contributed by atoms with van der Waals surface area (Å²) in [7, 11) is 0. The quantitative estimate of drug-likeness (QED) is 0.821. The molecule has 92 valence electrons. The van der Waals surface area contributed by atoms with Gasteiger partial charge in [-0.2, -0.15) is 0 Å². The number of hydrogen-bond donors (Lipinski definition) is 2. The van der Waals surface area contributed by atoms with Crippen LogP contribution in [0.25, 0.3) is 0 Å². The Morgan fingerprint density at radius 1 is 1.29 bits per heavy atom. The predicted molar refractivity (Wildman–Crippen MR) is 59.7 cm³/mol. The highest BCUT2D eigenvalue weighted by Crippen LogP contribution is 2.12. The SMILES string of the molecule is O=C(NC1CCNCC1)c1cccc(F)c1F. The van der Waals surface area contributed by atoms with E-state index in [-0.39, 0.29) is 11.6 Å². The van der Waals surface area contributed by atoms with Crippen molar-refractivity contribution in [1.82, 2.24) is 10.6 Å². The third-order valence-electron chi connectivity index (χ3n) is 2.87. The Morgan fingerprint density at radius 2 is 2.00 bits per heavy atom. The Hall–Kier alpha value is -1.49. The molecule has 1 fully saturated rings. The van der Waals surface area contributed by atoms with Crippen molar-refractivity contribution in [3.8, 4) is 0 Å². The fourth-order valence-electron chi connectivity index (χ4n) is 1.91. The number of carbonyl (C=O) groups excluding carboxylic acids is 1. The van der Waals surface area contributed by atoms with Crippen molar-refractivity contribution < 1.29 is 13.6 Å². The van der Waals surface area contributed by atoms with Crippen molar-refractivity contribution >= 4 is 5.91 Å². The van der Waals surface area contributed by atoms with Gasteiger partial charge in [0.05, 0.1) is 5.56 Å². The van der Waals surface area contributed by atoms with Crippen LogP contribution in [0.4, 0.5) is 8.78 Å². The van der Waals surface area contributed by atoms with Gasteiger partial charge in [-0.15, -0.1) is 0 Å². The van der Waals surface area contributed by atoms with Crippen LogP contribution in [0, 0.1) is 11.6 Å². The van der Waals surface area contributed by atoms with Gasteiger partial charge in [-0.05, 0) is 38.1 Å². The molecule has 0 spiro atoms. The maximum absolute atomic E-state index is 13.4. The molecule has 2 N–H and O–H groups in total. The average Bonchev–Trinajstić information content (AvgIpc) is 2.34. The van der Waals surface area contributed by atoms with Crippen molar-refractivity contribution in [1.29, 1.82) is 0 Å². The molecule has 0 unspecified atom stereocenters. The number of halogens is 2. The minimum absolute atomic E-state index is 0.0337. The summed E-state index contributed by atoms with van der Waals surface area (Å²) in [6.45, 7) is 1.66. The molecule has 5 heteroatoms. The summed E-state index contributed by atoms with van der Waals surface area (Å²) in [5.74, 6) is -2.63. The van der Waals surface area contributed by atoms with Crippen molar-refractivity contribution in [2.24, 2.45) is 0 Å². The van der Waals surface area contributed by atoms with Gasteiger partial charge in [-0.25, -0.2) is 8.78 Å². The second kappa shape index (κ2) is 5.23. The first-order valence-corrected chi connectivity index (χ1v) is 5.64. The van der Waals surface area contributed by atoms with Gasteiger partial charge in [0.1, 0.15) is 0 Å². The van der Waals surface area contributed by atoms with E-state index in [4.69, 9.17) is 0 Å². The largest absolute Gasteiger partial charge is 0.349 e. The summed E-state index contributed by atoms with van der Waals surface area (Å²) in [4.78, 5) is 11.7. The topological polar surface area (TPSA) is 41.1 Å². The van der Waals surface area contributed by atoms with Crippen LogP contribution < -0.4 is 10.6 Å². The maximum atomic E-state index is 13.4. The van der Waals surface area contributed by atoms with E-state index in [1.54, 1.807) is 0 Å². The Balaban J connectivity index is 2.06. The van der Waals surface area contributed by atoms with E-state index in [2.05, 4.69) is 10.6 Å². The Morgan fingerprint density at radius 3 is 2.71 bits per heavy atom. The van der Waals surface area contributed by atoms with Gasteiger partial charge >= 0.3 is 0 Å². The fourth-order valence-corrected chi connectivity index (χ4v) is 1.91. The lowest BCUT2D eigenvalue weighted by molar-refractivity contribution is 0.0924. The van der Waals surface area contributed by atoms with Gasteiger partial charge in [-0.3, -0.25) is 4.79 Å². The number of rotatable bonds is 2. The van der Waals surface area contributed by atoms with Gasteiger partial charge in [0.15, 0.2) is 11.6 Å². The zero-order chi connectivity index (χ0) is 12.3. The van der Waals surface area contributed by atoms with Crippen LogP contribution in [-0.2, 0) is 0 Å². The molecule has 0 bridgehead atoms. The molecule has 1 amide bonds. The van der Waals surface area contributed by atoms with E-state index in [0.29, 0.717) is 0 Å². The van der Waals surface area contributed by atoms with E-state index in [9.17, 15) is 13.6 Å². The first kappa shape index (κ1) is 12.0. The van der Waals surface area contributed by atoms with Crippen molar-refractivity contribution in [2.45, 2.75) is 18.9 Å². The lowest BCUT2D eigenvalue weighted by Gasteiger charge is -2.23. The molecule has 0 saturated carbocycles. The van der Waals surface area contributed by atoms with Crippen molar-refractivity contribution in [2.75, 3.05) is 13.1 Å². The molecule has 0 atom stereocenters. The van der Waals surface area contributed by atoms with Crippen molar-refractivity contribution in [3.05, 3.63) is 35.4 Å². The summed E-state index contributed by atoms with van der Waals surface area (Å²) in [5.41, 5.74) is -0.233. The molecule has 3 nitrogen and oxygen atoms in total. The first-order valence-electron chi connectivity index (χ1n) is 5.64. The molecule has 1 aromatic carbocycles. The van der Waals surface area contributed by atoms with Crippen LogP contribution in [0.2, 0.25) is 0 Å². The normalized spacial score (nSPS) is 16.8. The van der Waals surface area contributed by atoms with Gasteiger partial charge in [0.25, 0.3) is 5.91 Å². The smallest absolute Gasteiger partial charge is 0.254 e. The number of nitrogens with one attached hydrogen (secondary N) is 2. The molecule has 0 radical (unpaired) electrons. The summed E-state index contributed by atoms with van der Waals surface area (Å²) < 4.78 is 26.3. The van der Waals surface area contributed by atoms with Crippen LogP contribution in [0.1, 0.15) is 23.2 Å². The molecule has 0 aromatic heterocycles. The minimum Gasteiger partial charge on any atom is -0.349 e. The third-order valence-corrected chi connectivity index (χ3v) is 2.87. The molecule has 17 heavy (non-hydrogen) atoms.